The summed E-state index contributed by atoms with van der Waals surface area (Å²) >= 11 is 5.93. The van der Waals surface area contributed by atoms with Crippen LogP contribution >= 0.6 is 11.6 Å². The van der Waals surface area contributed by atoms with Crippen molar-refractivity contribution in [3.63, 3.8) is 0 Å². The Kier molecular flexibility index (Phi) is 6.08. The molecule has 0 heterocycles. The molecule has 0 bridgehead atoms. The number of nitrogens with one attached hydrogen (secondary N) is 1. The van der Waals surface area contributed by atoms with Gasteiger partial charge in [0, 0.05) is 12.1 Å². The summed E-state index contributed by atoms with van der Waals surface area (Å²) in [6, 6.07) is 2.99. The Bertz CT molecular complexity index is 505. The normalized spacial score (nSPS) is 9.95. The lowest BCUT2D eigenvalue weighted by Gasteiger charge is -2.13. The average Bonchev–Trinajstić information content (AvgIpc) is 2.39. The number of hydrogen-bond acceptors (Lipinski definition) is 5. The molecule has 110 valence electrons. The summed E-state index contributed by atoms with van der Waals surface area (Å²) < 4.78 is 14.8. The van der Waals surface area contributed by atoms with Crippen LogP contribution in [-0.4, -0.2) is 44.4 Å². The fraction of sp³-hybridized carbons (Fsp3) is 0.333. The fourth-order valence-electron chi connectivity index (χ4n) is 1.38. The summed E-state index contributed by atoms with van der Waals surface area (Å²) in [6.45, 7) is -0.936. The number of methoxy groups -OCH3 is 2. The van der Waals surface area contributed by atoms with Gasteiger partial charge in [-0.05, 0) is 0 Å². The number of halogens is 1. The molecule has 0 aliphatic rings. The molecule has 0 unspecified atom stereocenters. The van der Waals surface area contributed by atoms with E-state index in [0.29, 0.717) is 22.2 Å². The molecular weight excluding hydrogens is 290 g/mol. The van der Waals surface area contributed by atoms with Crippen LogP contribution in [0.15, 0.2) is 12.1 Å². The van der Waals surface area contributed by atoms with Crippen molar-refractivity contribution >= 4 is 29.2 Å². The lowest BCUT2D eigenvalue weighted by atomic mass is 10.2. The van der Waals surface area contributed by atoms with Gasteiger partial charge in [0.1, 0.15) is 24.7 Å². The van der Waals surface area contributed by atoms with E-state index in [-0.39, 0.29) is 6.61 Å². The van der Waals surface area contributed by atoms with E-state index in [1.165, 1.54) is 26.4 Å². The molecule has 7 nitrogen and oxygen atoms in total. The predicted octanol–water partition coefficient (Wildman–Crippen LogP) is 1.40. The van der Waals surface area contributed by atoms with Crippen molar-refractivity contribution < 1.29 is 28.9 Å². The lowest BCUT2D eigenvalue weighted by Crippen LogP contribution is -2.21. The van der Waals surface area contributed by atoms with Gasteiger partial charge in [-0.15, -0.1) is 0 Å². The van der Waals surface area contributed by atoms with E-state index in [1.807, 2.05) is 0 Å². The van der Waals surface area contributed by atoms with Crippen LogP contribution in [0.2, 0.25) is 5.02 Å². The fourth-order valence-corrected chi connectivity index (χ4v) is 1.61. The second-order valence-corrected chi connectivity index (χ2v) is 4.03. The number of carbonyl (C=O) groups excluding carboxylic acids is 1. The minimum absolute atomic E-state index is 0.337. The quantitative estimate of drug-likeness (QED) is 0.790. The Balaban J connectivity index is 2.75. The standard InChI is InChI=1S/C12H14ClNO6/c1-18-9-4-8(10(19-2)3-7(9)13)14-11(15)5-20-6-12(16)17/h3-4H,5-6H2,1-2H3,(H,14,15)(H,16,17). The summed E-state index contributed by atoms with van der Waals surface area (Å²) in [4.78, 5) is 21.8. The van der Waals surface area contributed by atoms with Crippen molar-refractivity contribution in [1.29, 1.82) is 0 Å². The molecular formula is C12H14ClNO6. The third kappa shape index (κ3) is 4.60. The monoisotopic (exact) mass is 303 g/mol. The van der Waals surface area contributed by atoms with Gasteiger partial charge in [-0.25, -0.2) is 4.79 Å². The van der Waals surface area contributed by atoms with Gasteiger partial charge in [0.25, 0.3) is 0 Å². The molecule has 20 heavy (non-hydrogen) atoms. The largest absolute Gasteiger partial charge is 0.495 e. The lowest BCUT2D eigenvalue weighted by molar-refractivity contribution is -0.143. The number of anilines is 1. The first-order valence-corrected chi connectivity index (χ1v) is 5.86. The molecule has 0 saturated carbocycles. The Morgan fingerprint density at radius 2 is 1.85 bits per heavy atom. The highest BCUT2D eigenvalue weighted by atomic mass is 35.5. The van der Waals surface area contributed by atoms with E-state index in [2.05, 4.69) is 10.1 Å². The zero-order chi connectivity index (χ0) is 15.1. The molecule has 0 spiro atoms. The molecule has 0 aromatic heterocycles. The molecule has 0 radical (unpaired) electrons. The Hall–Kier alpha value is -1.99. The number of hydrogen-bond donors (Lipinski definition) is 2. The number of amides is 1. The highest BCUT2D eigenvalue weighted by Crippen LogP contribution is 2.35. The van der Waals surface area contributed by atoms with Crippen molar-refractivity contribution in [2.45, 2.75) is 0 Å². The molecule has 1 amide bonds. The van der Waals surface area contributed by atoms with Crippen LogP contribution in [-0.2, 0) is 14.3 Å². The summed E-state index contributed by atoms with van der Waals surface area (Å²) in [5, 5.41) is 11.2. The molecule has 1 aromatic carbocycles. The third-order valence-electron chi connectivity index (χ3n) is 2.21. The van der Waals surface area contributed by atoms with Crippen molar-refractivity contribution in [3.05, 3.63) is 17.2 Å². The minimum atomic E-state index is -1.15. The summed E-state index contributed by atoms with van der Waals surface area (Å²) in [6.07, 6.45) is 0. The molecule has 0 aliphatic carbocycles. The van der Waals surface area contributed by atoms with E-state index < -0.39 is 18.5 Å². The van der Waals surface area contributed by atoms with Crippen LogP contribution in [0.3, 0.4) is 0 Å². The van der Waals surface area contributed by atoms with Gasteiger partial charge in [-0.3, -0.25) is 4.79 Å². The van der Waals surface area contributed by atoms with E-state index in [9.17, 15) is 9.59 Å². The molecule has 2 N–H and O–H groups in total. The summed E-state index contributed by atoms with van der Waals surface area (Å²) in [5.74, 6) is -0.950. The summed E-state index contributed by atoms with van der Waals surface area (Å²) in [5.41, 5.74) is 0.345. The second-order valence-electron chi connectivity index (χ2n) is 3.62. The SMILES string of the molecule is COc1cc(NC(=O)COCC(=O)O)c(OC)cc1Cl. The van der Waals surface area contributed by atoms with Crippen molar-refractivity contribution in [1.82, 2.24) is 0 Å². The molecule has 0 fully saturated rings. The van der Waals surface area contributed by atoms with Gasteiger partial charge >= 0.3 is 5.97 Å². The number of carboxylic acid groups (broad SMARTS) is 1. The third-order valence-corrected chi connectivity index (χ3v) is 2.50. The Labute approximate surface area is 120 Å². The van der Waals surface area contributed by atoms with Crippen LogP contribution in [0.4, 0.5) is 5.69 Å². The van der Waals surface area contributed by atoms with Crippen LogP contribution in [0.1, 0.15) is 0 Å². The van der Waals surface area contributed by atoms with Gasteiger partial charge in [-0.2, -0.15) is 0 Å². The second kappa shape index (κ2) is 7.56. The minimum Gasteiger partial charge on any atom is -0.495 e. The van der Waals surface area contributed by atoms with Gasteiger partial charge in [0.15, 0.2) is 0 Å². The highest BCUT2D eigenvalue weighted by Gasteiger charge is 2.13. The smallest absolute Gasteiger partial charge is 0.329 e. The first-order chi connectivity index (χ1) is 9.47. The zero-order valence-corrected chi connectivity index (χ0v) is 11.7. The van der Waals surface area contributed by atoms with Crippen LogP contribution in [0, 0.1) is 0 Å². The van der Waals surface area contributed by atoms with Crippen molar-refractivity contribution in [2.75, 3.05) is 32.8 Å². The first-order valence-electron chi connectivity index (χ1n) is 5.48. The number of carboxylic acids is 1. The Morgan fingerprint density at radius 1 is 1.20 bits per heavy atom. The predicted molar refractivity (Wildman–Crippen MR) is 71.6 cm³/mol. The topological polar surface area (TPSA) is 94.1 Å². The first kappa shape index (κ1) is 16.1. The van der Waals surface area contributed by atoms with Gasteiger partial charge in [-0.1, -0.05) is 11.6 Å². The van der Waals surface area contributed by atoms with Crippen LogP contribution < -0.4 is 14.8 Å². The van der Waals surface area contributed by atoms with Crippen LogP contribution in [0.25, 0.3) is 0 Å². The molecule has 0 aliphatic heterocycles. The van der Waals surface area contributed by atoms with E-state index in [0.717, 1.165) is 0 Å². The van der Waals surface area contributed by atoms with Gasteiger partial charge in [0.05, 0.1) is 24.9 Å². The maximum Gasteiger partial charge on any atom is 0.329 e. The molecule has 1 rings (SSSR count). The molecule has 8 heteroatoms. The van der Waals surface area contributed by atoms with Gasteiger partial charge < -0.3 is 24.6 Å². The number of carbonyl (C=O) groups is 2. The average molecular weight is 304 g/mol. The zero-order valence-electron chi connectivity index (χ0n) is 10.9. The number of ether oxygens (including phenoxy) is 3. The van der Waals surface area contributed by atoms with Gasteiger partial charge in [0.2, 0.25) is 5.91 Å². The highest BCUT2D eigenvalue weighted by molar-refractivity contribution is 6.32. The molecule has 0 atom stereocenters. The van der Waals surface area contributed by atoms with Crippen molar-refractivity contribution in [2.24, 2.45) is 0 Å². The number of aliphatic carboxylic acids is 1. The van der Waals surface area contributed by atoms with E-state index in [4.69, 9.17) is 26.2 Å². The maximum absolute atomic E-state index is 11.6. The number of benzene rings is 1. The molecule has 0 saturated heterocycles. The Morgan fingerprint density at radius 3 is 2.40 bits per heavy atom. The van der Waals surface area contributed by atoms with E-state index >= 15 is 0 Å². The van der Waals surface area contributed by atoms with E-state index in [1.54, 1.807) is 0 Å². The maximum atomic E-state index is 11.6. The molecule has 1 aromatic rings. The van der Waals surface area contributed by atoms with Crippen molar-refractivity contribution in [3.8, 4) is 11.5 Å². The summed E-state index contributed by atoms with van der Waals surface area (Å²) in [7, 11) is 2.87. The van der Waals surface area contributed by atoms with Crippen LogP contribution in [0.5, 0.6) is 11.5 Å². The number of rotatable bonds is 7.